The third-order valence-electron chi connectivity index (χ3n) is 1.80. The first-order valence-electron chi connectivity index (χ1n) is 4.20. The highest BCUT2D eigenvalue weighted by molar-refractivity contribution is 5.75. The van der Waals surface area contributed by atoms with Crippen LogP contribution in [-0.2, 0) is 16.0 Å². The number of alkyl halides is 2. The highest BCUT2D eigenvalue weighted by Crippen LogP contribution is 2.09. The Bertz CT molecular complexity index is 340. The molecule has 15 heavy (non-hydrogen) atoms. The van der Waals surface area contributed by atoms with Crippen molar-refractivity contribution in [2.24, 2.45) is 5.73 Å². The van der Waals surface area contributed by atoms with Crippen LogP contribution in [0.2, 0.25) is 0 Å². The van der Waals surface area contributed by atoms with Crippen molar-refractivity contribution >= 4 is 5.97 Å². The van der Waals surface area contributed by atoms with E-state index in [1.165, 1.54) is 13.2 Å². The number of nitrogens with zero attached hydrogens (tertiary/aromatic N) is 2. The van der Waals surface area contributed by atoms with Gasteiger partial charge in [-0.05, 0) is 6.07 Å². The van der Waals surface area contributed by atoms with Gasteiger partial charge in [0.2, 0.25) is 0 Å². The fraction of sp³-hybridized carbons (Fsp3) is 0.500. The van der Waals surface area contributed by atoms with E-state index < -0.39 is 18.6 Å². The smallest absolute Gasteiger partial charge is 0.333 e. The largest absolute Gasteiger partial charge is 0.468 e. The molecular formula is C8H11F2N3O2. The first-order chi connectivity index (χ1) is 7.04. The van der Waals surface area contributed by atoms with Gasteiger partial charge in [0.15, 0.2) is 0 Å². The summed E-state index contributed by atoms with van der Waals surface area (Å²) in [5.41, 5.74) is 5.76. The predicted octanol–water partition coefficient (Wildman–Crippen LogP) is 0.321. The summed E-state index contributed by atoms with van der Waals surface area (Å²) < 4.78 is 29.1. The minimum absolute atomic E-state index is 0.0758. The third kappa shape index (κ3) is 2.98. The lowest BCUT2D eigenvalue weighted by Crippen LogP contribution is -2.33. The molecule has 1 atom stereocenters. The summed E-state index contributed by atoms with van der Waals surface area (Å²) in [6.45, 7) is -2.69. The van der Waals surface area contributed by atoms with Gasteiger partial charge in [-0.2, -0.15) is 13.9 Å². The van der Waals surface area contributed by atoms with Crippen LogP contribution in [0.3, 0.4) is 0 Å². The van der Waals surface area contributed by atoms with Gasteiger partial charge in [0.1, 0.15) is 6.04 Å². The zero-order chi connectivity index (χ0) is 11.4. The number of rotatable bonds is 4. The second-order valence-corrected chi connectivity index (χ2v) is 2.90. The van der Waals surface area contributed by atoms with Crippen LogP contribution in [-0.4, -0.2) is 28.9 Å². The molecule has 0 aliphatic heterocycles. The van der Waals surface area contributed by atoms with Crippen LogP contribution in [0.1, 0.15) is 12.2 Å². The number of nitrogens with two attached hydrogens (primary N) is 1. The van der Waals surface area contributed by atoms with Gasteiger partial charge in [-0.15, -0.1) is 0 Å². The average molecular weight is 219 g/mol. The topological polar surface area (TPSA) is 70.1 Å². The van der Waals surface area contributed by atoms with Gasteiger partial charge in [-0.1, -0.05) is 0 Å². The van der Waals surface area contributed by atoms with Gasteiger partial charge in [0, 0.05) is 12.6 Å². The number of ether oxygens (including phenoxy) is 1. The van der Waals surface area contributed by atoms with E-state index in [0.717, 1.165) is 6.20 Å². The SMILES string of the molecule is COC(=O)C(N)Cc1ccn(C(F)F)n1. The molecule has 5 nitrogen and oxygen atoms in total. The number of methoxy groups -OCH3 is 1. The summed E-state index contributed by atoms with van der Waals surface area (Å²) in [7, 11) is 1.21. The number of hydrogen-bond acceptors (Lipinski definition) is 4. The Labute approximate surface area is 84.8 Å². The monoisotopic (exact) mass is 219 g/mol. The van der Waals surface area contributed by atoms with Crippen molar-refractivity contribution in [2.45, 2.75) is 19.0 Å². The number of esters is 1. The molecule has 1 rings (SSSR count). The molecule has 0 bridgehead atoms. The molecule has 0 aliphatic carbocycles. The van der Waals surface area contributed by atoms with E-state index in [4.69, 9.17) is 5.73 Å². The fourth-order valence-corrected chi connectivity index (χ4v) is 1.05. The molecule has 2 N–H and O–H groups in total. The number of aromatic nitrogens is 2. The number of carbonyl (C=O) groups is 1. The van der Waals surface area contributed by atoms with Gasteiger partial charge in [0.05, 0.1) is 12.8 Å². The van der Waals surface area contributed by atoms with Gasteiger partial charge in [-0.25, -0.2) is 4.68 Å². The Hall–Kier alpha value is -1.50. The average Bonchev–Trinajstić information content (AvgIpc) is 2.65. The molecule has 0 radical (unpaired) electrons. The van der Waals surface area contributed by atoms with E-state index in [1.54, 1.807) is 0 Å². The summed E-state index contributed by atoms with van der Waals surface area (Å²) in [4.78, 5) is 10.9. The third-order valence-corrected chi connectivity index (χ3v) is 1.80. The van der Waals surface area contributed by atoms with Crippen LogP contribution in [0, 0.1) is 0 Å². The van der Waals surface area contributed by atoms with Gasteiger partial charge < -0.3 is 10.5 Å². The van der Waals surface area contributed by atoms with E-state index in [9.17, 15) is 13.6 Å². The first kappa shape index (κ1) is 11.6. The Morgan fingerprint density at radius 3 is 2.87 bits per heavy atom. The van der Waals surface area contributed by atoms with E-state index in [1.807, 2.05) is 0 Å². The maximum absolute atomic E-state index is 12.1. The summed E-state index contributed by atoms with van der Waals surface area (Å²) >= 11 is 0. The number of halogens is 2. The van der Waals surface area contributed by atoms with Crippen LogP contribution >= 0.6 is 0 Å². The molecule has 0 spiro atoms. The Morgan fingerprint density at radius 1 is 1.73 bits per heavy atom. The number of carbonyl (C=O) groups excluding carboxylic acids is 1. The van der Waals surface area contributed by atoms with Crippen LogP contribution in [0.25, 0.3) is 0 Å². The zero-order valence-electron chi connectivity index (χ0n) is 8.06. The molecule has 84 valence electrons. The van der Waals surface area contributed by atoms with Crippen LogP contribution in [0.5, 0.6) is 0 Å². The van der Waals surface area contributed by atoms with E-state index in [-0.39, 0.29) is 6.42 Å². The molecule has 1 aromatic rings. The molecule has 0 aromatic carbocycles. The maximum Gasteiger partial charge on any atom is 0.333 e. The highest BCUT2D eigenvalue weighted by atomic mass is 19.3. The Kier molecular flexibility index (Phi) is 3.73. The van der Waals surface area contributed by atoms with Crippen LogP contribution in [0.15, 0.2) is 12.3 Å². The molecule has 1 heterocycles. The highest BCUT2D eigenvalue weighted by Gasteiger charge is 2.16. The van der Waals surface area contributed by atoms with Crippen molar-refractivity contribution < 1.29 is 18.3 Å². The molecule has 0 amide bonds. The summed E-state index contributed by atoms with van der Waals surface area (Å²) in [5.74, 6) is -0.596. The lowest BCUT2D eigenvalue weighted by Gasteiger charge is -2.06. The second-order valence-electron chi connectivity index (χ2n) is 2.90. The fourth-order valence-electron chi connectivity index (χ4n) is 1.05. The normalized spacial score (nSPS) is 12.9. The first-order valence-corrected chi connectivity index (χ1v) is 4.20. The van der Waals surface area contributed by atoms with Crippen LogP contribution in [0.4, 0.5) is 8.78 Å². The second kappa shape index (κ2) is 4.83. The van der Waals surface area contributed by atoms with Gasteiger partial charge in [-0.3, -0.25) is 4.79 Å². The van der Waals surface area contributed by atoms with Gasteiger partial charge in [0.25, 0.3) is 0 Å². The van der Waals surface area contributed by atoms with Crippen LogP contribution < -0.4 is 5.73 Å². The summed E-state index contributed by atoms with van der Waals surface area (Å²) in [6.07, 6.45) is 1.20. The molecular weight excluding hydrogens is 208 g/mol. The lowest BCUT2D eigenvalue weighted by molar-refractivity contribution is -0.142. The van der Waals surface area contributed by atoms with Crippen molar-refractivity contribution in [3.8, 4) is 0 Å². The summed E-state index contributed by atoms with van der Waals surface area (Å²) in [6, 6.07) is 0.505. The van der Waals surface area contributed by atoms with E-state index in [2.05, 4.69) is 9.84 Å². The summed E-state index contributed by atoms with van der Waals surface area (Å²) in [5, 5.41) is 3.55. The lowest BCUT2D eigenvalue weighted by atomic mass is 10.2. The molecule has 0 aliphatic rings. The minimum atomic E-state index is -2.69. The molecule has 7 heteroatoms. The minimum Gasteiger partial charge on any atom is -0.468 e. The van der Waals surface area contributed by atoms with E-state index >= 15 is 0 Å². The Balaban J connectivity index is 2.61. The number of hydrogen-bond donors (Lipinski definition) is 1. The standard InChI is InChI=1S/C8H11F2N3O2/c1-15-7(14)6(11)4-5-2-3-13(12-5)8(9)10/h2-3,6,8H,4,11H2,1H3. The van der Waals surface area contributed by atoms with Crippen molar-refractivity contribution in [2.75, 3.05) is 7.11 Å². The van der Waals surface area contributed by atoms with Crippen molar-refractivity contribution in [1.82, 2.24) is 9.78 Å². The van der Waals surface area contributed by atoms with Crippen molar-refractivity contribution in [3.05, 3.63) is 18.0 Å². The van der Waals surface area contributed by atoms with Gasteiger partial charge >= 0.3 is 12.5 Å². The molecule has 0 saturated heterocycles. The quantitative estimate of drug-likeness (QED) is 0.740. The zero-order valence-corrected chi connectivity index (χ0v) is 8.06. The molecule has 1 aromatic heterocycles. The predicted molar refractivity (Wildman–Crippen MR) is 47.2 cm³/mol. The molecule has 0 saturated carbocycles. The van der Waals surface area contributed by atoms with E-state index in [0.29, 0.717) is 10.4 Å². The Morgan fingerprint density at radius 2 is 2.40 bits per heavy atom. The van der Waals surface area contributed by atoms with Crippen molar-refractivity contribution in [3.63, 3.8) is 0 Å². The molecule has 1 unspecified atom stereocenters. The molecule has 0 fully saturated rings. The van der Waals surface area contributed by atoms with Crippen molar-refractivity contribution in [1.29, 1.82) is 0 Å². The maximum atomic E-state index is 12.1.